The molecule has 16 heavy (non-hydrogen) atoms. The maximum absolute atomic E-state index is 11.8. The van der Waals surface area contributed by atoms with Crippen LogP contribution in [0.15, 0.2) is 12.1 Å². The normalized spacial score (nSPS) is 10.3. The number of anilines is 2. The maximum Gasteiger partial charge on any atom is 0.253 e. The molecule has 1 amide bonds. The van der Waals surface area contributed by atoms with Crippen LogP contribution in [-0.2, 0) is 0 Å². The molecule has 0 bridgehead atoms. The molecule has 0 aromatic heterocycles. The molecular weight excluding hydrogens is 226 g/mol. The second kappa shape index (κ2) is 5.07. The zero-order chi connectivity index (χ0) is 12.3. The smallest absolute Gasteiger partial charge is 0.253 e. The van der Waals surface area contributed by atoms with Gasteiger partial charge in [0.1, 0.15) is 0 Å². The standard InChI is InChI=1S/C11H16ClN3O/c1-6(2)15-11(16)7-4-9(13)10(14-3)5-8(7)12/h4-6,14H,13H2,1-3H3,(H,15,16). The zero-order valence-corrected chi connectivity index (χ0v) is 10.4. The van der Waals surface area contributed by atoms with Gasteiger partial charge >= 0.3 is 0 Å². The molecule has 0 aliphatic carbocycles. The number of rotatable bonds is 3. The third-order valence-corrected chi connectivity index (χ3v) is 2.39. The highest BCUT2D eigenvalue weighted by Gasteiger charge is 2.13. The topological polar surface area (TPSA) is 67.2 Å². The highest BCUT2D eigenvalue weighted by atomic mass is 35.5. The molecule has 0 spiro atoms. The third-order valence-electron chi connectivity index (χ3n) is 2.07. The second-order valence-corrected chi connectivity index (χ2v) is 4.20. The van der Waals surface area contributed by atoms with Crippen LogP contribution in [-0.4, -0.2) is 19.0 Å². The van der Waals surface area contributed by atoms with Gasteiger partial charge in [0, 0.05) is 13.1 Å². The molecule has 4 N–H and O–H groups in total. The van der Waals surface area contributed by atoms with E-state index in [9.17, 15) is 4.79 Å². The second-order valence-electron chi connectivity index (χ2n) is 3.80. The van der Waals surface area contributed by atoms with Crippen molar-refractivity contribution in [1.29, 1.82) is 0 Å². The van der Waals surface area contributed by atoms with Gasteiger partial charge in [-0.05, 0) is 26.0 Å². The van der Waals surface area contributed by atoms with Crippen LogP contribution in [0.4, 0.5) is 11.4 Å². The SMILES string of the molecule is CNc1cc(Cl)c(C(=O)NC(C)C)cc1N. The van der Waals surface area contributed by atoms with Crippen LogP contribution in [0.3, 0.4) is 0 Å². The Labute approximate surface area is 100 Å². The van der Waals surface area contributed by atoms with Crippen LogP contribution in [0.25, 0.3) is 0 Å². The molecule has 1 aromatic rings. The van der Waals surface area contributed by atoms with Crippen molar-refractivity contribution in [2.45, 2.75) is 19.9 Å². The molecule has 1 rings (SSSR count). The molecule has 5 heteroatoms. The number of nitrogen functional groups attached to an aromatic ring is 1. The van der Waals surface area contributed by atoms with E-state index in [0.717, 1.165) is 0 Å². The van der Waals surface area contributed by atoms with Crippen molar-refractivity contribution < 1.29 is 4.79 Å². The van der Waals surface area contributed by atoms with Crippen molar-refractivity contribution in [2.24, 2.45) is 0 Å². The molecule has 0 saturated carbocycles. The molecule has 88 valence electrons. The van der Waals surface area contributed by atoms with E-state index in [2.05, 4.69) is 10.6 Å². The van der Waals surface area contributed by atoms with Crippen molar-refractivity contribution in [1.82, 2.24) is 5.32 Å². The quantitative estimate of drug-likeness (QED) is 0.710. The van der Waals surface area contributed by atoms with Gasteiger partial charge < -0.3 is 16.4 Å². The Bertz CT molecular complexity index is 404. The van der Waals surface area contributed by atoms with Crippen LogP contribution in [0.5, 0.6) is 0 Å². The zero-order valence-electron chi connectivity index (χ0n) is 9.60. The molecule has 0 aliphatic heterocycles. The Morgan fingerprint density at radius 2 is 2.06 bits per heavy atom. The van der Waals surface area contributed by atoms with Crippen molar-refractivity contribution >= 4 is 28.9 Å². The Balaban J connectivity index is 3.06. The fourth-order valence-corrected chi connectivity index (χ4v) is 1.57. The van der Waals surface area contributed by atoms with Gasteiger partial charge in [-0.1, -0.05) is 11.6 Å². The average molecular weight is 242 g/mol. The largest absolute Gasteiger partial charge is 0.397 e. The first-order valence-electron chi connectivity index (χ1n) is 5.03. The molecule has 0 unspecified atom stereocenters. The number of nitrogens with one attached hydrogen (secondary N) is 2. The number of carbonyl (C=O) groups excluding carboxylic acids is 1. The van der Waals surface area contributed by atoms with Gasteiger partial charge in [0.25, 0.3) is 5.91 Å². The summed E-state index contributed by atoms with van der Waals surface area (Å²) in [5.74, 6) is -0.214. The van der Waals surface area contributed by atoms with Gasteiger partial charge in [-0.25, -0.2) is 0 Å². The van der Waals surface area contributed by atoms with Gasteiger partial charge in [0.2, 0.25) is 0 Å². The van der Waals surface area contributed by atoms with E-state index in [-0.39, 0.29) is 11.9 Å². The summed E-state index contributed by atoms with van der Waals surface area (Å²) < 4.78 is 0. The lowest BCUT2D eigenvalue weighted by atomic mass is 10.1. The molecule has 0 heterocycles. The number of carbonyl (C=O) groups is 1. The van der Waals surface area contributed by atoms with Crippen LogP contribution < -0.4 is 16.4 Å². The molecule has 1 aromatic carbocycles. The number of nitrogens with two attached hydrogens (primary N) is 1. The van der Waals surface area contributed by atoms with E-state index in [1.165, 1.54) is 0 Å². The summed E-state index contributed by atoms with van der Waals surface area (Å²) in [6, 6.07) is 3.28. The number of hydrogen-bond acceptors (Lipinski definition) is 3. The van der Waals surface area contributed by atoms with E-state index < -0.39 is 0 Å². The van der Waals surface area contributed by atoms with Crippen LogP contribution in [0, 0.1) is 0 Å². The summed E-state index contributed by atoms with van der Waals surface area (Å²) >= 11 is 6.00. The minimum Gasteiger partial charge on any atom is -0.397 e. The van der Waals surface area contributed by atoms with Crippen molar-refractivity contribution in [3.05, 3.63) is 22.7 Å². The lowest BCUT2D eigenvalue weighted by Gasteiger charge is -2.12. The fraction of sp³-hybridized carbons (Fsp3) is 0.364. The number of halogens is 1. The lowest BCUT2D eigenvalue weighted by Crippen LogP contribution is -2.30. The first kappa shape index (κ1) is 12.6. The van der Waals surface area contributed by atoms with E-state index >= 15 is 0 Å². The summed E-state index contributed by atoms with van der Waals surface area (Å²) in [6.07, 6.45) is 0. The summed E-state index contributed by atoms with van der Waals surface area (Å²) in [5, 5.41) is 6.05. The van der Waals surface area contributed by atoms with Crippen LogP contribution >= 0.6 is 11.6 Å². The Kier molecular flexibility index (Phi) is 4.01. The fourth-order valence-electron chi connectivity index (χ4n) is 1.32. The molecule has 0 aliphatic rings. The predicted octanol–water partition coefficient (Wildman–Crippen LogP) is 2.10. The van der Waals surface area contributed by atoms with Gasteiger partial charge in [0.15, 0.2) is 0 Å². The van der Waals surface area contributed by atoms with E-state index in [4.69, 9.17) is 17.3 Å². The number of hydrogen-bond donors (Lipinski definition) is 3. The van der Waals surface area contributed by atoms with Gasteiger partial charge in [0.05, 0.1) is 22.0 Å². The predicted molar refractivity (Wildman–Crippen MR) is 68.0 cm³/mol. The Hall–Kier alpha value is -1.42. The molecule has 0 radical (unpaired) electrons. The molecule has 0 fully saturated rings. The van der Waals surface area contributed by atoms with Gasteiger partial charge in [-0.3, -0.25) is 4.79 Å². The van der Waals surface area contributed by atoms with Gasteiger partial charge in [-0.2, -0.15) is 0 Å². The molecular formula is C11H16ClN3O. The third kappa shape index (κ3) is 2.79. The molecule has 4 nitrogen and oxygen atoms in total. The lowest BCUT2D eigenvalue weighted by molar-refractivity contribution is 0.0943. The molecule has 0 atom stereocenters. The van der Waals surface area contributed by atoms with Crippen molar-refractivity contribution in [2.75, 3.05) is 18.1 Å². The summed E-state index contributed by atoms with van der Waals surface area (Å²) in [4.78, 5) is 11.8. The van der Waals surface area contributed by atoms with Crippen LogP contribution in [0.1, 0.15) is 24.2 Å². The average Bonchev–Trinajstić information content (AvgIpc) is 2.19. The minimum atomic E-state index is -0.214. The van der Waals surface area contributed by atoms with E-state index in [0.29, 0.717) is 22.0 Å². The van der Waals surface area contributed by atoms with Crippen molar-refractivity contribution in [3.63, 3.8) is 0 Å². The Morgan fingerprint density at radius 3 is 2.56 bits per heavy atom. The first-order chi connectivity index (χ1) is 7.45. The molecule has 0 saturated heterocycles. The highest BCUT2D eigenvalue weighted by molar-refractivity contribution is 6.34. The first-order valence-corrected chi connectivity index (χ1v) is 5.41. The number of amides is 1. The summed E-state index contributed by atoms with van der Waals surface area (Å²) in [5.41, 5.74) is 7.38. The van der Waals surface area contributed by atoms with Crippen LogP contribution in [0.2, 0.25) is 5.02 Å². The van der Waals surface area contributed by atoms with Gasteiger partial charge in [-0.15, -0.1) is 0 Å². The minimum absolute atomic E-state index is 0.0637. The number of benzene rings is 1. The van der Waals surface area contributed by atoms with E-state index in [1.807, 2.05) is 13.8 Å². The van der Waals surface area contributed by atoms with Crippen molar-refractivity contribution in [3.8, 4) is 0 Å². The summed E-state index contributed by atoms with van der Waals surface area (Å²) in [7, 11) is 1.75. The monoisotopic (exact) mass is 241 g/mol. The highest BCUT2D eigenvalue weighted by Crippen LogP contribution is 2.27. The maximum atomic E-state index is 11.8. The summed E-state index contributed by atoms with van der Waals surface area (Å²) in [6.45, 7) is 3.77. The Morgan fingerprint density at radius 1 is 1.44 bits per heavy atom. The van der Waals surface area contributed by atoms with E-state index in [1.54, 1.807) is 19.2 Å².